The third-order valence-corrected chi connectivity index (χ3v) is 5.31. The zero-order valence-corrected chi connectivity index (χ0v) is 18.3. The lowest BCUT2D eigenvalue weighted by Crippen LogP contribution is -2.27. The summed E-state index contributed by atoms with van der Waals surface area (Å²) in [6.07, 6.45) is 0. The number of aromatic nitrogens is 2. The molecule has 160 valence electrons. The van der Waals surface area contributed by atoms with Crippen molar-refractivity contribution < 1.29 is 9.59 Å². The van der Waals surface area contributed by atoms with E-state index in [-0.39, 0.29) is 23.9 Å². The van der Waals surface area contributed by atoms with E-state index in [4.69, 9.17) is 11.6 Å². The molecule has 0 unspecified atom stereocenters. The van der Waals surface area contributed by atoms with Gasteiger partial charge in [0.1, 0.15) is 5.69 Å². The zero-order valence-electron chi connectivity index (χ0n) is 17.6. The van der Waals surface area contributed by atoms with Crippen molar-refractivity contribution in [2.24, 2.45) is 0 Å². The summed E-state index contributed by atoms with van der Waals surface area (Å²) in [5, 5.41) is 3.29. The Bertz CT molecular complexity index is 1410. The Morgan fingerprint density at radius 1 is 1.03 bits per heavy atom. The van der Waals surface area contributed by atoms with Crippen molar-refractivity contribution in [3.8, 4) is 11.3 Å². The molecule has 0 atom stereocenters. The number of hydrogen-bond acceptors (Lipinski definition) is 4. The fourth-order valence-corrected chi connectivity index (χ4v) is 3.67. The maximum Gasteiger partial charge on any atom is 0.278 e. The number of nitrogens with one attached hydrogen (secondary N) is 1. The Labute approximate surface area is 189 Å². The van der Waals surface area contributed by atoms with Gasteiger partial charge in [-0.15, -0.1) is 0 Å². The standard InChI is InChI=1S/C25H20ClN3O3/c1-15-7-12-20(27-16(2)30)19(13-15)24-25(32)29(22-6-4-3-5-21(22)28-24)14-23(31)17-8-10-18(26)11-9-17/h3-13H,14H2,1-2H3,(H,27,30). The lowest BCUT2D eigenvalue weighted by Gasteiger charge is -2.15. The highest BCUT2D eigenvalue weighted by Gasteiger charge is 2.18. The van der Waals surface area contributed by atoms with Gasteiger partial charge in [-0.05, 0) is 55.5 Å². The predicted octanol–water partition coefficient (Wildman–Crippen LogP) is 4.87. The van der Waals surface area contributed by atoms with Crippen LogP contribution in [0, 0.1) is 6.92 Å². The van der Waals surface area contributed by atoms with Gasteiger partial charge in [-0.3, -0.25) is 19.0 Å². The molecule has 0 aliphatic rings. The quantitative estimate of drug-likeness (QED) is 0.444. The van der Waals surface area contributed by atoms with Gasteiger partial charge in [-0.2, -0.15) is 0 Å². The molecule has 0 radical (unpaired) electrons. The highest BCUT2D eigenvalue weighted by molar-refractivity contribution is 6.30. The number of nitrogens with zero attached hydrogens (tertiary/aromatic N) is 2. The first-order valence-electron chi connectivity index (χ1n) is 10.0. The Morgan fingerprint density at radius 2 is 1.75 bits per heavy atom. The van der Waals surface area contributed by atoms with Gasteiger partial charge in [-0.25, -0.2) is 4.98 Å². The highest BCUT2D eigenvalue weighted by atomic mass is 35.5. The fourth-order valence-electron chi connectivity index (χ4n) is 3.55. The number of rotatable bonds is 5. The van der Waals surface area contributed by atoms with E-state index in [2.05, 4.69) is 10.3 Å². The number of anilines is 1. The summed E-state index contributed by atoms with van der Waals surface area (Å²) in [5.41, 5.74) is 3.23. The summed E-state index contributed by atoms with van der Waals surface area (Å²) in [6.45, 7) is 3.14. The molecule has 4 rings (SSSR count). The molecule has 32 heavy (non-hydrogen) atoms. The second kappa shape index (κ2) is 8.77. The minimum Gasteiger partial charge on any atom is -0.326 e. The second-order valence-corrected chi connectivity index (χ2v) is 7.94. The first-order valence-corrected chi connectivity index (χ1v) is 10.4. The van der Waals surface area contributed by atoms with Gasteiger partial charge >= 0.3 is 0 Å². The smallest absolute Gasteiger partial charge is 0.278 e. The van der Waals surface area contributed by atoms with E-state index in [1.165, 1.54) is 11.5 Å². The number of aryl methyl sites for hydroxylation is 1. The normalized spacial score (nSPS) is 10.8. The highest BCUT2D eigenvalue weighted by Crippen LogP contribution is 2.27. The third-order valence-electron chi connectivity index (χ3n) is 5.06. The molecule has 0 fully saturated rings. The first-order chi connectivity index (χ1) is 15.3. The zero-order chi connectivity index (χ0) is 22.8. The van der Waals surface area contributed by atoms with E-state index in [0.717, 1.165) is 5.56 Å². The first kappa shape index (κ1) is 21.5. The van der Waals surface area contributed by atoms with Gasteiger partial charge in [0, 0.05) is 23.1 Å². The van der Waals surface area contributed by atoms with Crippen molar-refractivity contribution in [3.63, 3.8) is 0 Å². The van der Waals surface area contributed by atoms with Crippen LogP contribution in [0.3, 0.4) is 0 Å². The maximum atomic E-state index is 13.6. The molecule has 4 aromatic rings. The molecule has 1 amide bonds. The van der Waals surface area contributed by atoms with E-state index in [9.17, 15) is 14.4 Å². The van der Waals surface area contributed by atoms with Crippen LogP contribution in [-0.2, 0) is 11.3 Å². The number of para-hydroxylation sites is 2. The van der Waals surface area contributed by atoms with Gasteiger partial charge in [0.2, 0.25) is 5.91 Å². The number of ketones is 1. The molecule has 0 bridgehead atoms. The van der Waals surface area contributed by atoms with E-state index >= 15 is 0 Å². The maximum absolute atomic E-state index is 13.6. The number of Topliss-reactive ketones (excluding diaryl/α,β-unsaturated/α-hetero) is 1. The summed E-state index contributed by atoms with van der Waals surface area (Å²) in [6, 6.07) is 19.1. The van der Waals surface area contributed by atoms with Crippen LogP contribution in [0.25, 0.3) is 22.3 Å². The molecular weight excluding hydrogens is 426 g/mol. The van der Waals surface area contributed by atoms with Crippen molar-refractivity contribution in [2.75, 3.05) is 5.32 Å². The lowest BCUT2D eigenvalue weighted by atomic mass is 10.1. The molecular formula is C25H20ClN3O3. The van der Waals surface area contributed by atoms with Crippen LogP contribution in [0.15, 0.2) is 71.5 Å². The molecule has 7 heteroatoms. The van der Waals surface area contributed by atoms with E-state index < -0.39 is 5.56 Å². The van der Waals surface area contributed by atoms with Gasteiger partial charge in [0.15, 0.2) is 5.78 Å². The molecule has 0 spiro atoms. The third kappa shape index (κ3) is 4.31. The average Bonchev–Trinajstić information content (AvgIpc) is 2.77. The van der Waals surface area contributed by atoms with Crippen LogP contribution in [0.4, 0.5) is 5.69 Å². The lowest BCUT2D eigenvalue weighted by molar-refractivity contribution is -0.114. The minimum atomic E-state index is -0.414. The molecule has 1 heterocycles. The minimum absolute atomic E-state index is 0.155. The number of benzene rings is 3. The number of hydrogen-bond donors (Lipinski definition) is 1. The SMILES string of the molecule is CC(=O)Nc1ccc(C)cc1-c1nc2ccccc2n(CC(=O)c2ccc(Cl)cc2)c1=O. The van der Waals surface area contributed by atoms with Gasteiger partial charge < -0.3 is 5.32 Å². The van der Waals surface area contributed by atoms with Gasteiger partial charge in [0.25, 0.3) is 5.56 Å². The molecule has 3 aromatic carbocycles. The Kier molecular flexibility index (Phi) is 5.88. The Balaban J connectivity index is 1.90. The molecule has 0 saturated heterocycles. The molecule has 0 aliphatic heterocycles. The van der Waals surface area contributed by atoms with Gasteiger partial charge in [-0.1, -0.05) is 35.4 Å². The summed E-state index contributed by atoms with van der Waals surface area (Å²) in [7, 11) is 0. The van der Waals surface area contributed by atoms with Gasteiger partial charge in [0.05, 0.1) is 23.3 Å². The largest absolute Gasteiger partial charge is 0.326 e. The predicted molar refractivity (Wildman–Crippen MR) is 126 cm³/mol. The summed E-state index contributed by atoms with van der Waals surface area (Å²) in [4.78, 5) is 42.8. The van der Waals surface area contributed by atoms with Crippen molar-refractivity contribution in [3.05, 3.63) is 93.2 Å². The number of fused-ring (bicyclic) bond motifs is 1. The van der Waals surface area contributed by atoms with Crippen molar-refractivity contribution in [1.29, 1.82) is 0 Å². The van der Waals surface area contributed by atoms with Crippen LogP contribution in [0.2, 0.25) is 5.02 Å². The molecule has 1 N–H and O–H groups in total. The van der Waals surface area contributed by atoms with Crippen molar-refractivity contribution in [2.45, 2.75) is 20.4 Å². The summed E-state index contributed by atoms with van der Waals surface area (Å²) < 4.78 is 1.43. The van der Waals surface area contributed by atoms with Crippen LogP contribution < -0.4 is 10.9 Å². The van der Waals surface area contributed by atoms with Crippen LogP contribution in [-0.4, -0.2) is 21.2 Å². The molecule has 6 nitrogen and oxygen atoms in total. The molecule has 0 aliphatic carbocycles. The number of carbonyl (C=O) groups is 2. The fraction of sp³-hybridized carbons (Fsp3) is 0.120. The summed E-state index contributed by atoms with van der Waals surface area (Å²) in [5.74, 6) is -0.480. The van der Waals surface area contributed by atoms with E-state index in [1.54, 1.807) is 54.6 Å². The van der Waals surface area contributed by atoms with Crippen molar-refractivity contribution >= 4 is 40.0 Å². The molecule has 1 aromatic heterocycles. The Hall–Kier alpha value is -3.77. The average molecular weight is 446 g/mol. The van der Waals surface area contributed by atoms with Crippen LogP contribution in [0.5, 0.6) is 0 Å². The molecule has 0 saturated carbocycles. The van der Waals surface area contributed by atoms with E-state index in [0.29, 0.717) is 32.9 Å². The number of halogens is 1. The summed E-state index contributed by atoms with van der Waals surface area (Å²) >= 11 is 5.93. The van der Waals surface area contributed by atoms with Crippen LogP contribution >= 0.6 is 11.6 Å². The number of carbonyl (C=O) groups excluding carboxylic acids is 2. The van der Waals surface area contributed by atoms with E-state index in [1.807, 2.05) is 19.1 Å². The number of amides is 1. The second-order valence-electron chi connectivity index (χ2n) is 7.50. The Morgan fingerprint density at radius 3 is 2.47 bits per heavy atom. The monoisotopic (exact) mass is 445 g/mol. The van der Waals surface area contributed by atoms with Crippen LogP contribution in [0.1, 0.15) is 22.8 Å². The topological polar surface area (TPSA) is 81.1 Å². The van der Waals surface area contributed by atoms with Crippen molar-refractivity contribution in [1.82, 2.24) is 9.55 Å².